The number of hydrogen-bond donors (Lipinski definition) is 4. The summed E-state index contributed by atoms with van der Waals surface area (Å²) < 4.78 is 15.9. The fraction of sp³-hybridized carbons (Fsp3) is 0.250. The Labute approximate surface area is 176 Å². The molecular weight excluding hydrogens is 409 g/mol. The summed E-state index contributed by atoms with van der Waals surface area (Å²) >= 11 is 6.01. The van der Waals surface area contributed by atoms with Crippen molar-refractivity contribution < 1.29 is 9.18 Å². The molecule has 1 aromatic carbocycles. The molecule has 30 heavy (non-hydrogen) atoms. The molecule has 0 bridgehead atoms. The zero-order valence-electron chi connectivity index (χ0n) is 15.9. The molecule has 2 amide bonds. The van der Waals surface area contributed by atoms with Gasteiger partial charge in [-0.3, -0.25) is 0 Å². The van der Waals surface area contributed by atoms with E-state index in [0.717, 1.165) is 24.2 Å². The first-order valence-corrected chi connectivity index (χ1v) is 9.96. The number of fused-ring (bicyclic) bond motifs is 1. The van der Waals surface area contributed by atoms with Crippen molar-refractivity contribution >= 4 is 40.6 Å². The highest BCUT2D eigenvalue weighted by molar-refractivity contribution is 6.30. The number of amides is 2. The van der Waals surface area contributed by atoms with E-state index >= 15 is 0 Å². The van der Waals surface area contributed by atoms with E-state index in [-0.39, 0.29) is 17.8 Å². The highest BCUT2D eigenvalue weighted by atomic mass is 35.5. The molecule has 3 aromatic rings. The molecule has 0 spiro atoms. The Hall–Kier alpha value is -3.33. The van der Waals surface area contributed by atoms with Gasteiger partial charge in [0.05, 0.1) is 17.9 Å². The second-order valence-corrected chi connectivity index (χ2v) is 7.92. The van der Waals surface area contributed by atoms with Crippen LogP contribution in [0.2, 0.25) is 5.02 Å². The first-order chi connectivity index (χ1) is 14.5. The number of benzene rings is 1. The Morgan fingerprint density at radius 3 is 2.90 bits per heavy atom. The van der Waals surface area contributed by atoms with E-state index in [9.17, 15) is 9.18 Å². The second kappa shape index (κ2) is 7.17. The number of urea groups is 1. The number of nitrogens with zero attached hydrogens (tertiary/aromatic N) is 3. The molecule has 1 atom stereocenters. The van der Waals surface area contributed by atoms with E-state index < -0.39 is 5.82 Å². The van der Waals surface area contributed by atoms with Crippen LogP contribution in [0.15, 0.2) is 42.7 Å². The standard InChI is InChI=1S/C20H19ClFN7O/c1-10-15(27-20(30)24-10)6-11-9-23-29-18(25-13-3-4-13)8-17(28-19(11)29)26-16-7-12(21)2-5-14(16)22/h2,5,7-9,13,15,25H,1,3-4,6H2,(H,26,28)(H2,24,27,30). The van der Waals surface area contributed by atoms with E-state index in [1.807, 2.05) is 0 Å². The first-order valence-electron chi connectivity index (χ1n) is 9.59. The average Bonchev–Trinajstić information content (AvgIpc) is 3.34. The van der Waals surface area contributed by atoms with Crippen LogP contribution < -0.4 is 21.3 Å². The quantitative estimate of drug-likeness (QED) is 0.482. The van der Waals surface area contributed by atoms with Crippen LogP contribution in [0, 0.1) is 5.82 Å². The van der Waals surface area contributed by atoms with Gasteiger partial charge in [0.15, 0.2) is 5.65 Å². The Bertz CT molecular complexity index is 1170. The maximum absolute atomic E-state index is 14.2. The van der Waals surface area contributed by atoms with Crippen LogP contribution in [0.3, 0.4) is 0 Å². The predicted octanol–water partition coefficient (Wildman–Crippen LogP) is 3.58. The lowest BCUT2D eigenvalue weighted by atomic mass is 10.1. The molecule has 1 saturated carbocycles. The number of carbonyl (C=O) groups excluding carboxylic acids is 1. The number of halogens is 2. The summed E-state index contributed by atoms with van der Waals surface area (Å²) in [6.07, 6.45) is 4.38. The highest BCUT2D eigenvalue weighted by Crippen LogP contribution is 2.29. The minimum absolute atomic E-state index is 0.235. The molecule has 3 heterocycles. The number of carbonyl (C=O) groups is 1. The Morgan fingerprint density at radius 2 is 2.17 bits per heavy atom. The van der Waals surface area contributed by atoms with Crippen LogP contribution in [0.25, 0.3) is 5.65 Å². The summed E-state index contributed by atoms with van der Waals surface area (Å²) in [4.78, 5) is 16.2. The molecular formula is C20H19ClFN7O. The lowest BCUT2D eigenvalue weighted by Crippen LogP contribution is -2.28. The largest absolute Gasteiger partial charge is 0.367 e. The molecule has 154 valence electrons. The monoisotopic (exact) mass is 427 g/mol. The van der Waals surface area contributed by atoms with Crippen LogP contribution >= 0.6 is 11.6 Å². The summed E-state index contributed by atoms with van der Waals surface area (Å²) in [5.41, 5.74) is 2.28. The number of aromatic nitrogens is 3. The zero-order chi connectivity index (χ0) is 20.8. The highest BCUT2D eigenvalue weighted by Gasteiger charge is 2.27. The van der Waals surface area contributed by atoms with Crippen molar-refractivity contribution in [2.24, 2.45) is 0 Å². The van der Waals surface area contributed by atoms with Gasteiger partial charge in [-0.15, -0.1) is 0 Å². The smallest absolute Gasteiger partial charge is 0.319 e. The van der Waals surface area contributed by atoms with Crippen molar-refractivity contribution in [3.05, 3.63) is 59.1 Å². The van der Waals surface area contributed by atoms with Crippen LogP contribution in [-0.4, -0.2) is 32.7 Å². The molecule has 1 unspecified atom stereocenters. The molecule has 8 nitrogen and oxygen atoms in total. The Kier molecular flexibility index (Phi) is 4.47. The molecule has 0 radical (unpaired) electrons. The zero-order valence-corrected chi connectivity index (χ0v) is 16.6. The summed E-state index contributed by atoms with van der Waals surface area (Å²) in [5, 5.41) is 16.8. The molecule has 2 aromatic heterocycles. The van der Waals surface area contributed by atoms with Crippen molar-refractivity contribution in [1.82, 2.24) is 25.2 Å². The van der Waals surface area contributed by atoms with Gasteiger partial charge in [0.1, 0.15) is 17.5 Å². The van der Waals surface area contributed by atoms with Gasteiger partial charge in [0.2, 0.25) is 0 Å². The van der Waals surface area contributed by atoms with Crippen molar-refractivity contribution in [1.29, 1.82) is 0 Å². The van der Waals surface area contributed by atoms with Crippen LogP contribution in [0.4, 0.5) is 26.5 Å². The Morgan fingerprint density at radius 1 is 1.33 bits per heavy atom. The average molecular weight is 428 g/mol. The molecule has 2 fully saturated rings. The van der Waals surface area contributed by atoms with E-state index in [1.54, 1.807) is 16.8 Å². The predicted molar refractivity (Wildman–Crippen MR) is 113 cm³/mol. The third kappa shape index (κ3) is 3.63. The van der Waals surface area contributed by atoms with Crippen molar-refractivity contribution in [2.75, 3.05) is 10.6 Å². The first kappa shape index (κ1) is 18.7. The summed E-state index contributed by atoms with van der Waals surface area (Å²) in [6.45, 7) is 3.88. The number of anilines is 3. The van der Waals surface area contributed by atoms with Crippen LogP contribution in [-0.2, 0) is 6.42 Å². The minimum atomic E-state index is -0.428. The van der Waals surface area contributed by atoms with Gasteiger partial charge >= 0.3 is 6.03 Å². The van der Waals surface area contributed by atoms with Gasteiger partial charge < -0.3 is 21.3 Å². The molecule has 10 heteroatoms. The summed E-state index contributed by atoms with van der Waals surface area (Å²) in [7, 11) is 0. The third-order valence-corrected chi connectivity index (χ3v) is 5.32. The van der Waals surface area contributed by atoms with Crippen molar-refractivity contribution in [3.63, 3.8) is 0 Å². The lowest BCUT2D eigenvalue weighted by molar-refractivity contribution is 0.247. The van der Waals surface area contributed by atoms with Crippen molar-refractivity contribution in [2.45, 2.75) is 31.3 Å². The number of nitrogens with one attached hydrogen (secondary N) is 4. The molecule has 1 aliphatic heterocycles. The SMILES string of the molecule is C=C1NC(=O)NC1Cc1cnn2c(NC3CC3)cc(Nc3cc(Cl)ccc3F)nc12. The van der Waals surface area contributed by atoms with Gasteiger partial charge in [0.25, 0.3) is 0 Å². The molecule has 2 aliphatic rings. The van der Waals surface area contributed by atoms with E-state index in [0.29, 0.717) is 34.6 Å². The number of hydrogen-bond acceptors (Lipinski definition) is 5. The maximum atomic E-state index is 14.2. The van der Waals surface area contributed by atoms with Gasteiger partial charge in [-0.05, 0) is 31.0 Å². The normalized spacial score (nSPS) is 18.4. The fourth-order valence-corrected chi connectivity index (χ4v) is 3.57. The minimum Gasteiger partial charge on any atom is -0.367 e. The maximum Gasteiger partial charge on any atom is 0.319 e. The topological polar surface area (TPSA) is 95.4 Å². The van der Waals surface area contributed by atoms with E-state index in [2.05, 4.69) is 37.9 Å². The summed E-state index contributed by atoms with van der Waals surface area (Å²) in [5.74, 6) is 0.787. The van der Waals surface area contributed by atoms with Crippen molar-refractivity contribution in [3.8, 4) is 0 Å². The second-order valence-electron chi connectivity index (χ2n) is 7.48. The molecule has 5 rings (SSSR count). The van der Waals surface area contributed by atoms with Gasteiger partial charge in [-0.2, -0.15) is 9.61 Å². The van der Waals surface area contributed by atoms with E-state index in [1.165, 1.54) is 18.2 Å². The van der Waals surface area contributed by atoms with Crippen LogP contribution in [0.1, 0.15) is 18.4 Å². The van der Waals surface area contributed by atoms with Gasteiger partial charge in [-0.25, -0.2) is 14.2 Å². The molecule has 1 saturated heterocycles. The number of rotatable bonds is 6. The third-order valence-electron chi connectivity index (χ3n) is 5.09. The lowest BCUT2D eigenvalue weighted by Gasteiger charge is -2.13. The summed E-state index contributed by atoms with van der Waals surface area (Å²) in [6, 6.07) is 5.96. The fourth-order valence-electron chi connectivity index (χ4n) is 3.40. The molecule has 1 aliphatic carbocycles. The Balaban J connectivity index is 1.53. The van der Waals surface area contributed by atoms with Gasteiger partial charge in [-0.1, -0.05) is 18.2 Å². The van der Waals surface area contributed by atoms with E-state index in [4.69, 9.17) is 11.6 Å². The van der Waals surface area contributed by atoms with Crippen LogP contribution in [0.5, 0.6) is 0 Å². The molecule has 4 N–H and O–H groups in total. The van der Waals surface area contributed by atoms with Gasteiger partial charge in [0, 0.05) is 34.8 Å².